The van der Waals surface area contributed by atoms with Crippen molar-refractivity contribution in [3.63, 3.8) is 0 Å². The lowest BCUT2D eigenvalue weighted by molar-refractivity contribution is -0.292. The van der Waals surface area contributed by atoms with Crippen LogP contribution in [0.1, 0.15) is 6.92 Å². The molecule has 0 amide bonds. The van der Waals surface area contributed by atoms with Crippen molar-refractivity contribution in [3.05, 3.63) is 0 Å². The number of aliphatic carboxylic acids is 1. The Hall–Kier alpha value is -0.730. The third-order valence-corrected chi connectivity index (χ3v) is 2.14. The van der Waals surface area contributed by atoms with Crippen molar-refractivity contribution in [1.82, 2.24) is 0 Å². The molecule has 0 aromatic rings. The van der Waals surface area contributed by atoms with Gasteiger partial charge in [0.25, 0.3) is 0 Å². The normalized spacial score (nSPS) is 41.5. The van der Waals surface area contributed by atoms with E-state index >= 15 is 0 Å². The third kappa shape index (κ3) is 2.44. The number of hydrogen-bond acceptors (Lipinski definition) is 6. The van der Waals surface area contributed by atoms with E-state index in [1.54, 1.807) is 6.92 Å². The summed E-state index contributed by atoms with van der Waals surface area (Å²) in [5.74, 6) is -1.42. The number of aliphatic hydroxyl groups excluding tert-OH is 3. The van der Waals surface area contributed by atoms with Crippen molar-refractivity contribution in [1.29, 1.82) is 0 Å². The van der Waals surface area contributed by atoms with E-state index in [4.69, 9.17) is 14.6 Å². The highest BCUT2D eigenvalue weighted by Crippen LogP contribution is 2.22. The quantitative estimate of drug-likeness (QED) is 0.432. The van der Waals surface area contributed by atoms with Gasteiger partial charge < -0.3 is 29.9 Å². The fraction of sp³-hybridized carbons (Fsp3) is 0.875. The van der Waals surface area contributed by atoms with Crippen LogP contribution in [0.2, 0.25) is 0 Å². The van der Waals surface area contributed by atoms with Crippen LogP contribution in [0.25, 0.3) is 0 Å². The molecule has 5 atom stereocenters. The van der Waals surface area contributed by atoms with Crippen LogP contribution in [0, 0.1) is 0 Å². The molecule has 88 valence electrons. The topological polar surface area (TPSA) is 116 Å². The molecule has 1 saturated heterocycles. The second-order valence-electron chi connectivity index (χ2n) is 3.19. The maximum Gasteiger partial charge on any atom is 0.335 e. The molecule has 0 aliphatic carbocycles. The third-order valence-electron chi connectivity index (χ3n) is 2.14. The number of carbonyl (C=O) groups is 1. The molecule has 0 spiro atoms. The molecule has 1 rings (SSSR count). The number of carboxylic acid groups (broad SMARTS) is 1. The standard InChI is InChI=1S/C8H14O7/c1-2-14-8-5(11)3(9)4(10)6(15-8)7(12)13/h3-6,8-11H,2H2,1H3,(H,12,13)/t3?,4-,5+,6?,8-/m0/s1. The van der Waals surface area contributed by atoms with E-state index in [1.807, 2.05) is 0 Å². The van der Waals surface area contributed by atoms with E-state index < -0.39 is 36.7 Å². The minimum absolute atomic E-state index is 0.191. The lowest BCUT2D eigenvalue weighted by atomic mass is 9.99. The van der Waals surface area contributed by atoms with E-state index in [1.165, 1.54) is 0 Å². The van der Waals surface area contributed by atoms with Gasteiger partial charge in [0, 0.05) is 6.61 Å². The molecular formula is C8H14O7. The Morgan fingerprint density at radius 1 is 1.27 bits per heavy atom. The SMILES string of the molecule is CCO[C@H]1OC(C(=O)O)[C@@H](O)C(O)[C@H]1O. The van der Waals surface area contributed by atoms with Gasteiger partial charge in [-0.1, -0.05) is 0 Å². The van der Waals surface area contributed by atoms with Crippen molar-refractivity contribution in [2.75, 3.05) is 6.61 Å². The Labute approximate surface area is 85.9 Å². The molecule has 0 saturated carbocycles. The van der Waals surface area contributed by atoms with Gasteiger partial charge >= 0.3 is 5.97 Å². The fourth-order valence-electron chi connectivity index (χ4n) is 1.35. The zero-order valence-electron chi connectivity index (χ0n) is 8.11. The molecule has 4 N–H and O–H groups in total. The number of carboxylic acids is 1. The maximum atomic E-state index is 10.6. The average Bonchev–Trinajstić information content (AvgIpc) is 2.18. The monoisotopic (exact) mass is 222 g/mol. The Balaban J connectivity index is 2.75. The Morgan fingerprint density at radius 3 is 2.33 bits per heavy atom. The molecule has 1 fully saturated rings. The predicted octanol–water partition coefficient (Wildman–Crippen LogP) is -2.08. The Morgan fingerprint density at radius 2 is 1.87 bits per heavy atom. The highest BCUT2D eigenvalue weighted by Gasteiger charge is 2.47. The summed E-state index contributed by atoms with van der Waals surface area (Å²) in [7, 11) is 0. The first-order chi connectivity index (χ1) is 6.99. The minimum Gasteiger partial charge on any atom is -0.479 e. The lowest BCUT2D eigenvalue weighted by Gasteiger charge is -2.38. The minimum atomic E-state index is -1.67. The van der Waals surface area contributed by atoms with Crippen LogP contribution in [-0.2, 0) is 14.3 Å². The van der Waals surface area contributed by atoms with Crippen LogP contribution in [0.15, 0.2) is 0 Å². The van der Waals surface area contributed by atoms with Crippen molar-refractivity contribution in [2.24, 2.45) is 0 Å². The van der Waals surface area contributed by atoms with Crippen LogP contribution >= 0.6 is 0 Å². The van der Waals surface area contributed by atoms with Crippen molar-refractivity contribution in [2.45, 2.75) is 37.6 Å². The summed E-state index contributed by atoms with van der Waals surface area (Å²) in [6, 6.07) is 0. The van der Waals surface area contributed by atoms with E-state index in [0.717, 1.165) is 0 Å². The molecule has 0 aromatic carbocycles. The van der Waals surface area contributed by atoms with Gasteiger partial charge in [-0.05, 0) is 6.92 Å². The van der Waals surface area contributed by atoms with Crippen LogP contribution in [0.5, 0.6) is 0 Å². The summed E-state index contributed by atoms with van der Waals surface area (Å²) in [5.41, 5.74) is 0. The molecule has 7 heteroatoms. The summed E-state index contributed by atoms with van der Waals surface area (Å²) >= 11 is 0. The zero-order chi connectivity index (χ0) is 11.6. The second-order valence-corrected chi connectivity index (χ2v) is 3.19. The summed E-state index contributed by atoms with van der Waals surface area (Å²) in [6.07, 6.45) is -7.57. The van der Waals surface area contributed by atoms with E-state index in [2.05, 4.69) is 0 Å². The Bertz CT molecular complexity index is 231. The maximum absolute atomic E-state index is 10.6. The predicted molar refractivity (Wildman–Crippen MR) is 45.9 cm³/mol. The van der Waals surface area contributed by atoms with Crippen LogP contribution in [0.4, 0.5) is 0 Å². The first kappa shape index (κ1) is 12.3. The number of ether oxygens (including phenoxy) is 2. The van der Waals surface area contributed by atoms with Gasteiger partial charge in [-0.2, -0.15) is 0 Å². The van der Waals surface area contributed by atoms with E-state index in [0.29, 0.717) is 0 Å². The molecule has 1 heterocycles. The Kier molecular flexibility index (Phi) is 4.00. The van der Waals surface area contributed by atoms with Gasteiger partial charge in [-0.25, -0.2) is 4.79 Å². The molecule has 1 aliphatic rings. The van der Waals surface area contributed by atoms with Gasteiger partial charge in [-0.3, -0.25) is 0 Å². The van der Waals surface area contributed by atoms with Crippen LogP contribution in [0.3, 0.4) is 0 Å². The van der Waals surface area contributed by atoms with Crippen molar-refractivity contribution >= 4 is 5.97 Å². The van der Waals surface area contributed by atoms with Crippen LogP contribution in [-0.4, -0.2) is 63.7 Å². The number of hydrogen-bond donors (Lipinski definition) is 4. The van der Waals surface area contributed by atoms with Crippen LogP contribution < -0.4 is 0 Å². The smallest absolute Gasteiger partial charge is 0.335 e. The molecule has 7 nitrogen and oxygen atoms in total. The summed E-state index contributed by atoms with van der Waals surface area (Å²) in [5, 5.41) is 36.7. The van der Waals surface area contributed by atoms with Gasteiger partial charge in [0.1, 0.15) is 18.3 Å². The molecule has 2 unspecified atom stereocenters. The highest BCUT2D eigenvalue weighted by molar-refractivity contribution is 5.73. The molecule has 1 aliphatic heterocycles. The molecule has 0 radical (unpaired) electrons. The zero-order valence-corrected chi connectivity index (χ0v) is 8.11. The summed E-state index contributed by atoms with van der Waals surface area (Å²) in [4.78, 5) is 10.6. The molecule has 15 heavy (non-hydrogen) atoms. The second kappa shape index (κ2) is 4.86. The van der Waals surface area contributed by atoms with E-state index in [-0.39, 0.29) is 6.61 Å². The van der Waals surface area contributed by atoms with E-state index in [9.17, 15) is 20.1 Å². The van der Waals surface area contributed by atoms with Gasteiger partial charge in [0.2, 0.25) is 0 Å². The molecular weight excluding hydrogens is 208 g/mol. The number of rotatable bonds is 3. The van der Waals surface area contributed by atoms with Crippen molar-refractivity contribution in [3.8, 4) is 0 Å². The molecule has 0 aromatic heterocycles. The largest absolute Gasteiger partial charge is 0.479 e. The summed E-state index contributed by atoms with van der Waals surface area (Å²) in [6.45, 7) is 1.82. The van der Waals surface area contributed by atoms with Gasteiger partial charge in [0.05, 0.1) is 0 Å². The van der Waals surface area contributed by atoms with Gasteiger partial charge in [0.15, 0.2) is 12.4 Å². The lowest BCUT2D eigenvalue weighted by Crippen LogP contribution is -2.60. The summed E-state index contributed by atoms with van der Waals surface area (Å²) < 4.78 is 9.69. The number of aliphatic hydroxyl groups is 3. The van der Waals surface area contributed by atoms with Gasteiger partial charge in [-0.15, -0.1) is 0 Å². The first-order valence-corrected chi connectivity index (χ1v) is 4.53. The van der Waals surface area contributed by atoms with Crippen molar-refractivity contribution < 1.29 is 34.7 Å². The highest BCUT2D eigenvalue weighted by atomic mass is 16.7. The average molecular weight is 222 g/mol. The fourth-order valence-corrected chi connectivity index (χ4v) is 1.35. The molecule has 0 bridgehead atoms. The first-order valence-electron chi connectivity index (χ1n) is 4.53.